The van der Waals surface area contributed by atoms with Gasteiger partial charge in [-0.3, -0.25) is 9.79 Å². The van der Waals surface area contributed by atoms with Gasteiger partial charge in [-0.25, -0.2) is 4.79 Å². The number of benzene rings is 1. The summed E-state index contributed by atoms with van der Waals surface area (Å²) >= 11 is 0. The zero-order valence-corrected chi connectivity index (χ0v) is 21.1. The van der Waals surface area contributed by atoms with Gasteiger partial charge in [0.2, 0.25) is 5.91 Å². The van der Waals surface area contributed by atoms with Gasteiger partial charge in [0, 0.05) is 38.3 Å². The molecule has 2 amide bonds. The molecule has 3 rings (SSSR count). The molecule has 2 aliphatic heterocycles. The van der Waals surface area contributed by atoms with Crippen LogP contribution in [0.1, 0.15) is 46.1 Å². The Kier molecular flexibility index (Phi) is 8.96. The minimum absolute atomic E-state index is 0. The van der Waals surface area contributed by atoms with E-state index in [1.165, 1.54) is 0 Å². The first kappa shape index (κ1) is 25.2. The minimum atomic E-state index is -0.488. The van der Waals surface area contributed by atoms with E-state index in [1.54, 1.807) is 4.90 Å². The molecule has 1 unspecified atom stereocenters. The summed E-state index contributed by atoms with van der Waals surface area (Å²) in [5.74, 6) is 0.901. The van der Waals surface area contributed by atoms with Crippen LogP contribution in [0, 0.1) is 0 Å². The fraction of sp³-hybridized carbons (Fsp3) is 0.591. The first-order valence-electron chi connectivity index (χ1n) is 10.7. The number of ether oxygens (including phenoxy) is 1. The lowest BCUT2D eigenvalue weighted by Crippen LogP contribution is -2.57. The quantitative estimate of drug-likeness (QED) is 0.556. The third-order valence-electron chi connectivity index (χ3n) is 5.00. The van der Waals surface area contributed by atoms with Gasteiger partial charge in [0.25, 0.3) is 0 Å². The topological polar surface area (TPSA) is 86.3 Å². The van der Waals surface area contributed by atoms with Crippen LogP contribution in [0.25, 0.3) is 0 Å². The average molecular weight is 543 g/mol. The highest BCUT2D eigenvalue weighted by atomic mass is 127. The van der Waals surface area contributed by atoms with Crippen LogP contribution in [0.2, 0.25) is 0 Å². The van der Waals surface area contributed by atoms with Crippen molar-refractivity contribution in [1.82, 2.24) is 15.1 Å². The molecule has 0 aromatic heterocycles. The zero-order chi connectivity index (χ0) is 21.7. The van der Waals surface area contributed by atoms with Crippen LogP contribution in [0.4, 0.5) is 10.5 Å². The van der Waals surface area contributed by atoms with E-state index in [0.717, 1.165) is 30.2 Å². The number of nitrogens with one attached hydrogen (secondary N) is 2. The Morgan fingerprint density at radius 3 is 2.74 bits per heavy atom. The van der Waals surface area contributed by atoms with E-state index in [0.29, 0.717) is 32.6 Å². The van der Waals surface area contributed by atoms with Gasteiger partial charge < -0.3 is 25.2 Å². The van der Waals surface area contributed by atoms with Crippen molar-refractivity contribution in [3.05, 3.63) is 29.8 Å². The van der Waals surface area contributed by atoms with Crippen LogP contribution in [0.5, 0.6) is 0 Å². The Balaban J connectivity index is 0.00000341. The number of anilines is 1. The molecule has 31 heavy (non-hydrogen) atoms. The predicted octanol–water partition coefficient (Wildman–Crippen LogP) is 3.42. The fourth-order valence-corrected chi connectivity index (χ4v) is 3.61. The van der Waals surface area contributed by atoms with Gasteiger partial charge in [-0.1, -0.05) is 19.1 Å². The Bertz CT molecular complexity index is 809. The SMILES string of the molecule is CCCC(=O)Nc1cccc(CNC2=NCC3CN(C(=O)OC(C)(C)C)CCN23)c1.I. The van der Waals surface area contributed by atoms with Gasteiger partial charge in [-0.2, -0.15) is 0 Å². The summed E-state index contributed by atoms with van der Waals surface area (Å²) < 4.78 is 5.50. The molecule has 2 N–H and O–H groups in total. The molecule has 9 heteroatoms. The van der Waals surface area contributed by atoms with E-state index >= 15 is 0 Å². The third-order valence-corrected chi connectivity index (χ3v) is 5.00. The van der Waals surface area contributed by atoms with Gasteiger partial charge in [0.05, 0.1) is 12.6 Å². The summed E-state index contributed by atoms with van der Waals surface area (Å²) in [6, 6.07) is 8.02. The predicted molar refractivity (Wildman–Crippen MR) is 133 cm³/mol. The van der Waals surface area contributed by atoms with E-state index < -0.39 is 5.60 Å². The number of piperazine rings is 1. The minimum Gasteiger partial charge on any atom is -0.444 e. The second-order valence-corrected chi connectivity index (χ2v) is 8.79. The van der Waals surface area contributed by atoms with Crippen molar-refractivity contribution in [1.29, 1.82) is 0 Å². The van der Waals surface area contributed by atoms with E-state index in [2.05, 4.69) is 20.5 Å². The summed E-state index contributed by atoms with van der Waals surface area (Å²) in [6.07, 6.45) is 1.09. The number of carbonyl (C=O) groups is 2. The number of hydrogen-bond donors (Lipinski definition) is 2. The summed E-state index contributed by atoms with van der Waals surface area (Å²) in [4.78, 5) is 32.8. The standard InChI is InChI=1S/C22H33N5O3.HI/c1-5-7-19(28)25-17-9-6-8-16(12-17)13-23-20-24-14-18-15-26(10-11-27(18)20)21(29)30-22(2,3)4;/h6,8-9,12,18H,5,7,10-11,13-15H2,1-4H3,(H,23,24)(H,25,28);1H. The van der Waals surface area contributed by atoms with Crippen molar-refractivity contribution in [3.63, 3.8) is 0 Å². The summed E-state index contributed by atoms with van der Waals surface area (Å²) in [5.41, 5.74) is 1.39. The van der Waals surface area contributed by atoms with Crippen LogP contribution in [0.3, 0.4) is 0 Å². The Labute approximate surface area is 201 Å². The molecule has 0 aliphatic carbocycles. The summed E-state index contributed by atoms with van der Waals surface area (Å²) in [7, 11) is 0. The third kappa shape index (κ3) is 7.26. The van der Waals surface area contributed by atoms with Crippen LogP contribution < -0.4 is 10.6 Å². The van der Waals surface area contributed by atoms with E-state index in [1.807, 2.05) is 52.0 Å². The van der Waals surface area contributed by atoms with Crippen molar-refractivity contribution in [2.75, 3.05) is 31.5 Å². The summed E-state index contributed by atoms with van der Waals surface area (Å²) in [5, 5.41) is 6.34. The van der Waals surface area contributed by atoms with E-state index in [4.69, 9.17) is 4.74 Å². The van der Waals surface area contributed by atoms with Crippen molar-refractivity contribution in [2.24, 2.45) is 4.99 Å². The first-order chi connectivity index (χ1) is 14.2. The molecular weight excluding hydrogens is 509 g/mol. The molecule has 0 spiro atoms. The fourth-order valence-electron chi connectivity index (χ4n) is 3.61. The van der Waals surface area contributed by atoms with Gasteiger partial charge in [0.15, 0.2) is 5.96 Å². The first-order valence-corrected chi connectivity index (χ1v) is 10.7. The summed E-state index contributed by atoms with van der Waals surface area (Å²) in [6.45, 7) is 10.9. The molecule has 1 saturated heterocycles. The smallest absolute Gasteiger partial charge is 0.410 e. The molecule has 8 nitrogen and oxygen atoms in total. The Morgan fingerprint density at radius 1 is 1.26 bits per heavy atom. The van der Waals surface area contributed by atoms with Crippen molar-refractivity contribution in [2.45, 2.75) is 58.7 Å². The highest BCUT2D eigenvalue weighted by molar-refractivity contribution is 14.0. The highest BCUT2D eigenvalue weighted by Crippen LogP contribution is 2.19. The number of halogens is 1. The lowest BCUT2D eigenvalue weighted by molar-refractivity contribution is -0.116. The van der Waals surface area contributed by atoms with Crippen LogP contribution in [-0.4, -0.2) is 65.6 Å². The van der Waals surface area contributed by atoms with Gasteiger partial charge >= 0.3 is 6.09 Å². The molecule has 1 atom stereocenters. The zero-order valence-electron chi connectivity index (χ0n) is 18.8. The number of carbonyl (C=O) groups excluding carboxylic acids is 2. The number of guanidine groups is 1. The van der Waals surface area contributed by atoms with Gasteiger partial charge in [0.1, 0.15) is 5.60 Å². The number of amides is 2. The molecule has 172 valence electrons. The highest BCUT2D eigenvalue weighted by Gasteiger charge is 2.36. The number of fused-ring (bicyclic) bond motifs is 1. The van der Waals surface area contributed by atoms with E-state index in [-0.39, 0.29) is 42.0 Å². The van der Waals surface area contributed by atoms with Gasteiger partial charge in [-0.15, -0.1) is 24.0 Å². The second-order valence-electron chi connectivity index (χ2n) is 8.79. The van der Waals surface area contributed by atoms with Crippen molar-refractivity contribution in [3.8, 4) is 0 Å². The Hall–Kier alpha value is -2.04. The molecule has 1 fully saturated rings. The maximum Gasteiger partial charge on any atom is 0.410 e. The average Bonchev–Trinajstić information content (AvgIpc) is 3.08. The molecule has 2 heterocycles. The number of rotatable bonds is 5. The number of nitrogens with zero attached hydrogens (tertiary/aromatic N) is 3. The lowest BCUT2D eigenvalue weighted by Gasteiger charge is -2.39. The normalized spacial score (nSPS) is 17.9. The van der Waals surface area contributed by atoms with Crippen LogP contribution in [0.15, 0.2) is 29.3 Å². The number of hydrogen-bond acceptors (Lipinski definition) is 6. The molecule has 2 aliphatic rings. The molecule has 0 radical (unpaired) electrons. The largest absolute Gasteiger partial charge is 0.444 e. The van der Waals surface area contributed by atoms with Crippen molar-refractivity contribution >= 4 is 47.6 Å². The van der Waals surface area contributed by atoms with E-state index in [9.17, 15) is 9.59 Å². The maximum atomic E-state index is 12.3. The lowest BCUT2D eigenvalue weighted by atomic mass is 10.2. The van der Waals surface area contributed by atoms with Crippen LogP contribution >= 0.6 is 24.0 Å². The van der Waals surface area contributed by atoms with Crippen LogP contribution in [-0.2, 0) is 16.1 Å². The Morgan fingerprint density at radius 2 is 2.03 bits per heavy atom. The molecular formula is C22H34IN5O3. The van der Waals surface area contributed by atoms with Crippen molar-refractivity contribution < 1.29 is 14.3 Å². The molecule has 0 saturated carbocycles. The second kappa shape index (κ2) is 11.0. The molecule has 1 aromatic carbocycles. The molecule has 1 aromatic rings. The number of aliphatic imine (C=N–C) groups is 1. The van der Waals surface area contributed by atoms with Gasteiger partial charge in [-0.05, 0) is 44.9 Å². The maximum absolute atomic E-state index is 12.3. The molecule has 0 bridgehead atoms. The monoisotopic (exact) mass is 543 g/mol.